The maximum atomic E-state index is 9.73. The van der Waals surface area contributed by atoms with Gasteiger partial charge in [0.2, 0.25) is 0 Å². The van der Waals surface area contributed by atoms with E-state index < -0.39 is 0 Å². The summed E-state index contributed by atoms with van der Waals surface area (Å²) in [6, 6.07) is 7.60. The number of phenols is 1. The highest BCUT2D eigenvalue weighted by atomic mass is 16.5. The maximum absolute atomic E-state index is 9.73. The molecular weight excluding hydrogens is 242 g/mol. The van der Waals surface area contributed by atoms with E-state index in [2.05, 4.69) is 12.2 Å². The van der Waals surface area contributed by atoms with E-state index in [1.807, 2.05) is 18.2 Å². The van der Waals surface area contributed by atoms with Gasteiger partial charge in [-0.25, -0.2) is 0 Å². The molecule has 0 saturated heterocycles. The van der Waals surface area contributed by atoms with Gasteiger partial charge < -0.3 is 19.9 Å². The lowest BCUT2D eigenvalue weighted by atomic mass is 10.1. The number of phenolic OH excluding ortho intramolecular Hbond substituents is 1. The first-order chi connectivity index (χ1) is 9.25. The number of nitrogens with one attached hydrogen (secondary N) is 1. The fraction of sp³-hybridized carbons (Fsp3) is 0.600. The summed E-state index contributed by atoms with van der Waals surface area (Å²) in [7, 11) is 1.67. The molecule has 2 N–H and O–H groups in total. The second-order valence-corrected chi connectivity index (χ2v) is 4.55. The highest BCUT2D eigenvalue weighted by Crippen LogP contribution is 2.22. The van der Waals surface area contributed by atoms with Crippen LogP contribution in [0.5, 0.6) is 5.75 Å². The lowest BCUT2D eigenvalue weighted by molar-refractivity contribution is 0.0687. The molecule has 4 heteroatoms. The van der Waals surface area contributed by atoms with Crippen molar-refractivity contribution in [2.75, 3.05) is 33.5 Å². The minimum absolute atomic E-state index is 0.163. The van der Waals surface area contributed by atoms with Gasteiger partial charge in [-0.3, -0.25) is 0 Å². The molecule has 0 bridgehead atoms. The van der Waals surface area contributed by atoms with E-state index in [0.717, 1.165) is 31.6 Å². The first-order valence-electron chi connectivity index (χ1n) is 6.83. The average Bonchev–Trinajstić information content (AvgIpc) is 2.42. The molecule has 0 fully saturated rings. The molecule has 0 heterocycles. The van der Waals surface area contributed by atoms with E-state index in [-0.39, 0.29) is 6.04 Å². The van der Waals surface area contributed by atoms with Crippen molar-refractivity contribution < 1.29 is 14.6 Å². The van der Waals surface area contributed by atoms with E-state index in [9.17, 15) is 5.11 Å². The van der Waals surface area contributed by atoms with Crippen LogP contribution in [0.15, 0.2) is 24.3 Å². The van der Waals surface area contributed by atoms with Crippen molar-refractivity contribution in [2.24, 2.45) is 0 Å². The van der Waals surface area contributed by atoms with Crippen LogP contribution in [0.4, 0.5) is 0 Å². The zero-order valence-corrected chi connectivity index (χ0v) is 11.9. The number of ether oxygens (including phenoxy) is 2. The summed E-state index contributed by atoms with van der Waals surface area (Å²) in [5.41, 5.74) is 0.943. The third-order valence-electron chi connectivity index (χ3n) is 3.00. The Kier molecular flexibility index (Phi) is 8.21. The zero-order valence-electron chi connectivity index (χ0n) is 11.9. The van der Waals surface area contributed by atoms with Gasteiger partial charge in [-0.05, 0) is 32.4 Å². The Labute approximate surface area is 115 Å². The first-order valence-corrected chi connectivity index (χ1v) is 6.83. The number of aromatic hydroxyl groups is 1. The van der Waals surface area contributed by atoms with Crippen molar-refractivity contribution >= 4 is 0 Å². The van der Waals surface area contributed by atoms with E-state index in [1.165, 1.54) is 0 Å². The SMILES string of the molecule is COCCOCCCCNC(C)c1ccccc1O. The van der Waals surface area contributed by atoms with Gasteiger partial charge in [-0.1, -0.05) is 18.2 Å². The Morgan fingerprint density at radius 2 is 1.95 bits per heavy atom. The normalized spacial score (nSPS) is 12.5. The summed E-state index contributed by atoms with van der Waals surface area (Å²) in [5, 5.41) is 13.1. The summed E-state index contributed by atoms with van der Waals surface area (Å²) in [4.78, 5) is 0. The first kappa shape index (κ1) is 16.0. The zero-order chi connectivity index (χ0) is 13.9. The monoisotopic (exact) mass is 267 g/mol. The van der Waals surface area contributed by atoms with Gasteiger partial charge >= 0.3 is 0 Å². The smallest absolute Gasteiger partial charge is 0.120 e. The Balaban J connectivity index is 2.08. The predicted octanol–water partition coefficient (Wildman–Crippen LogP) is 2.49. The van der Waals surface area contributed by atoms with Crippen LogP contribution < -0.4 is 5.32 Å². The van der Waals surface area contributed by atoms with Gasteiger partial charge in [0.05, 0.1) is 13.2 Å². The van der Waals surface area contributed by atoms with Crippen LogP contribution in [-0.2, 0) is 9.47 Å². The van der Waals surface area contributed by atoms with Crippen LogP contribution >= 0.6 is 0 Å². The highest BCUT2D eigenvalue weighted by molar-refractivity contribution is 5.33. The third kappa shape index (κ3) is 6.57. The fourth-order valence-electron chi connectivity index (χ4n) is 1.86. The maximum Gasteiger partial charge on any atom is 0.120 e. The summed E-state index contributed by atoms with van der Waals surface area (Å²) in [5.74, 6) is 0.352. The molecule has 1 aromatic carbocycles. The molecule has 1 unspecified atom stereocenters. The number of hydrogen-bond donors (Lipinski definition) is 2. The lowest BCUT2D eigenvalue weighted by Gasteiger charge is -2.15. The number of methoxy groups -OCH3 is 1. The van der Waals surface area contributed by atoms with E-state index in [0.29, 0.717) is 19.0 Å². The average molecular weight is 267 g/mol. The topological polar surface area (TPSA) is 50.7 Å². The molecule has 0 aromatic heterocycles. The molecule has 0 saturated carbocycles. The minimum Gasteiger partial charge on any atom is -0.508 e. The minimum atomic E-state index is 0.163. The molecule has 1 atom stereocenters. The van der Waals surface area contributed by atoms with Crippen molar-refractivity contribution in [3.63, 3.8) is 0 Å². The Hall–Kier alpha value is -1.10. The second kappa shape index (κ2) is 9.78. The number of hydrogen-bond acceptors (Lipinski definition) is 4. The number of para-hydroxylation sites is 1. The van der Waals surface area contributed by atoms with Crippen LogP contribution in [0.3, 0.4) is 0 Å². The number of unbranched alkanes of at least 4 members (excludes halogenated alkanes) is 1. The van der Waals surface area contributed by atoms with Crippen LogP contribution in [-0.4, -0.2) is 38.6 Å². The van der Waals surface area contributed by atoms with E-state index >= 15 is 0 Å². The summed E-state index contributed by atoms with van der Waals surface area (Å²) in [6.07, 6.45) is 2.09. The molecule has 0 amide bonds. The van der Waals surface area contributed by atoms with Gasteiger partial charge in [0.15, 0.2) is 0 Å². The van der Waals surface area contributed by atoms with Crippen LogP contribution in [0.2, 0.25) is 0 Å². The Morgan fingerprint density at radius 1 is 1.16 bits per heavy atom. The molecule has 0 aliphatic carbocycles. The molecule has 108 valence electrons. The molecule has 0 spiro atoms. The molecule has 1 aromatic rings. The van der Waals surface area contributed by atoms with E-state index in [4.69, 9.17) is 9.47 Å². The summed E-state index contributed by atoms with van der Waals surface area (Å²) >= 11 is 0. The van der Waals surface area contributed by atoms with E-state index in [1.54, 1.807) is 13.2 Å². The Morgan fingerprint density at radius 3 is 2.68 bits per heavy atom. The fourth-order valence-corrected chi connectivity index (χ4v) is 1.86. The molecule has 19 heavy (non-hydrogen) atoms. The molecule has 0 aliphatic heterocycles. The quantitative estimate of drug-likeness (QED) is 0.639. The van der Waals surface area contributed by atoms with Crippen molar-refractivity contribution in [3.05, 3.63) is 29.8 Å². The van der Waals surface area contributed by atoms with Gasteiger partial charge in [0.25, 0.3) is 0 Å². The Bertz CT molecular complexity index is 344. The van der Waals surface area contributed by atoms with Crippen LogP contribution in [0.1, 0.15) is 31.4 Å². The molecule has 1 rings (SSSR count). The molecule has 0 aliphatic rings. The van der Waals surface area contributed by atoms with Gasteiger partial charge in [0, 0.05) is 25.3 Å². The van der Waals surface area contributed by atoms with Gasteiger partial charge in [0.1, 0.15) is 5.75 Å². The second-order valence-electron chi connectivity index (χ2n) is 4.55. The molecule has 0 radical (unpaired) electrons. The van der Waals surface area contributed by atoms with Crippen LogP contribution in [0.25, 0.3) is 0 Å². The van der Waals surface area contributed by atoms with Gasteiger partial charge in [-0.15, -0.1) is 0 Å². The summed E-state index contributed by atoms with van der Waals surface area (Å²) in [6.45, 7) is 5.07. The standard InChI is InChI=1S/C15H25NO3/c1-13(14-7-3-4-8-15(14)17)16-9-5-6-10-19-12-11-18-2/h3-4,7-8,13,16-17H,5-6,9-12H2,1-2H3. The highest BCUT2D eigenvalue weighted by Gasteiger charge is 2.07. The largest absolute Gasteiger partial charge is 0.508 e. The molecular formula is C15H25NO3. The van der Waals surface area contributed by atoms with Crippen molar-refractivity contribution in [2.45, 2.75) is 25.8 Å². The lowest BCUT2D eigenvalue weighted by Crippen LogP contribution is -2.20. The van der Waals surface area contributed by atoms with Crippen LogP contribution in [0, 0.1) is 0 Å². The van der Waals surface area contributed by atoms with Crippen molar-refractivity contribution in [1.82, 2.24) is 5.32 Å². The third-order valence-corrected chi connectivity index (χ3v) is 3.00. The van der Waals surface area contributed by atoms with Crippen molar-refractivity contribution in [3.8, 4) is 5.75 Å². The van der Waals surface area contributed by atoms with Crippen molar-refractivity contribution in [1.29, 1.82) is 0 Å². The van der Waals surface area contributed by atoms with Gasteiger partial charge in [-0.2, -0.15) is 0 Å². The predicted molar refractivity (Wildman–Crippen MR) is 76.5 cm³/mol. The molecule has 4 nitrogen and oxygen atoms in total. The number of benzene rings is 1. The number of rotatable bonds is 10. The summed E-state index contributed by atoms with van der Waals surface area (Å²) < 4.78 is 10.3.